The third-order valence-electron chi connectivity index (χ3n) is 3.66. The lowest BCUT2D eigenvalue weighted by molar-refractivity contribution is -0.390. The Kier molecular flexibility index (Phi) is 6.48. The second-order valence-electron chi connectivity index (χ2n) is 5.30. The van der Waals surface area contributed by atoms with Crippen LogP contribution in [-0.4, -0.2) is 64.9 Å². The standard InChI is InChI=1S/C13H20BrN5O4/c1-10-12(14)13(19(21)22)16-18(10)9-11(20)15-3-2-4-17-5-7-23-8-6-17/h2-9H2,1H3,(H,15,20). The number of nitro groups is 1. The van der Waals surface area contributed by atoms with Crippen LogP contribution in [0.1, 0.15) is 12.1 Å². The molecule has 1 amide bonds. The maximum atomic E-state index is 11.9. The fourth-order valence-electron chi connectivity index (χ4n) is 2.33. The van der Waals surface area contributed by atoms with Crippen LogP contribution in [0.15, 0.2) is 4.47 Å². The van der Waals surface area contributed by atoms with Gasteiger partial charge in [0.2, 0.25) is 5.91 Å². The van der Waals surface area contributed by atoms with Gasteiger partial charge >= 0.3 is 5.82 Å². The van der Waals surface area contributed by atoms with Crippen molar-refractivity contribution in [3.05, 3.63) is 20.3 Å². The van der Waals surface area contributed by atoms with Gasteiger partial charge in [-0.15, -0.1) is 0 Å². The molecule has 10 heteroatoms. The van der Waals surface area contributed by atoms with Crippen molar-refractivity contribution in [2.45, 2.75) is 19.9 Å². The number of hydrogen-bond donors (Lipinski definition) is 1. The number of nitrogens with one attached hydrogen (secondary N) is 1. The smallest absolute Gasteiger partial charge is 0.379 e. The van der Waals surface area contributed by atoms with Crippen molar-refractivity contribution < 1.29 is 14.5 Å². The van der Waals surface area contributed by atoms with Crippen molar-refractivity contribution in [1.29, 1.82) is 0 Å². The Bertz CT molecular complexity index is 571. The van der Waals surface area contributed by atoms with E-state index in [9.17, 15) is 14.9 Å². The van der Waals surface area contributed by atoms with Crippen molar-refractivity contribution >= 4 is 27.7 Å². The van der Waals surface area contributed by atoms with Gasteiger partial charge in [0.1, 0.15) is 11.0 Å². The minimum Gasteiger partial charge on any atom is -0.379 e. The maximum Gasteiger partial charge on any atom is 0.404 e. The maximum absolute atomic E-state index is 11.9. The van der Waals surface area contributed by atoms with E-state index < -0.39 is 4.92 Å². The van der Waals surface area contributed by atoms with Crippen molar-refractivity contribution in [3.63, 3.8) is 0 Å². The van der Waals surface area contributed by atoms with Gasteiger partial charge in [0.25, 0.3) is 0 Å². The van der Waals surface area contributed by atoms with E-state index in [-0.39, 0.29) is 18.3 Å². The van der Waals surface area contributed by atoms with E-state index >= 15 is 0 Å². The molecule has 9 nitrogen and oxygen atoms in total. The summed E-state index contributed by atoms with van der Waals surface area (Å²) in [6, 6.07) is 0. The first-order chi connectivity index (χ1) is 11.0. The molecule has 1 fully saturated rings. The lowest BCUT2D eigenvalue weighted by Gasteiger charge is -2.26. The summed E-state index contributed by atoms with van der Waals surface area (Å²) < 4.78 is 6.92. The molecule has 0 bridgehead atoms. The molecule has 0 saturated carbocycles. The summed E-state index contributed by atoms with van der Waals surface area (Å²) in [5.74, 6) is -0.484. The van der Waals surface area contributed by atoms with Gasteiger partial charge in [0.15, 0.2) is 0 Å². The average Bonchev–Trinajstić information content (AvgIpc) is 2.81. The van der Waals surface area contributed by atoms with Crippen LogP contribution in [0.25, 0.3) is 0 Å². The number of aromatic nitrogens is 2. The number of ether oxygens (including phenoxy) is 1. The van der Waals surface area contributed by atoms with Gasteiger partial charge in [0.05, 0.1) is 24.0 Å². The van der Waals surface area contributed by atoms with Gasteiger partial charge < -0.3 is 20.2 Å². The molecule has 128 valence electrons. The zero-order valence-corrected chi connectivity index (χ0v) is 14.5. The molecule has 23 heavy (non-hydrogen) atoms. The van der Waals surface area contributed by atoms with E-state index in [0.717, 1.165) is 39.3 Å². The highest BCUT2D eigenvalue weighted by molar-refractivity contribution is 9.10. The highest BCUT2D eigenvalue weighted by Crippen LogP contribution is 2.26. The Morgan fingerprint density at radius 1 is 1.48 bits per heavy atom. The average molecular weight is 390 g/mol. The summed E-state index contributed by atoms with van der Waals surface area (Å²) in [5, 5.41) is 17.5. The number of rotatable bonds is 7. The zero-order chi connectivity index (χ0) is 16.8. The Morgan fingerprint density at radius 3 is 2.78 bits per heavy atom. The molecule has 0 unspecified atom stereocenters. The third kappa shape index (κ3) is 4.98. The van der Waals surface area contributed by atoms with Gasteiger partial charge in [-0.3, -0.25) is 9.69 Å². The van der Waals surface area contributed by atoms with Gasteiger partial charge in [-0.1, -0.05) is 0 Å². The number of hydrogen-bond acceptors (Lipinski definition) is 6. The topological polar surface area (TPSA) is 103 Å². The number of amides is 1. The first kappa shape index (κ1) is 17.8. The summed E-state index contributed by atoms with van der Waals surface area (Å²) >= 11 is 3.13. The van der Waals surface area contributed by atoms with Gasteiger partial charge in [-0.2, -0.15) is 4.68 Å². The van der Waals surface area contributed by atoms with Crippen molar-refractivity contribution in [3.8, 4) is 0 Å². The van der Waals surface area contributed by atoms with Crippen molar-refractivity contribution in [2.24, 2.45) is 0 Å². The Labute approximate surface area is 142 Å². The third-order valence-corrected chi connectivity index (χ3v) is 4.59. The zero-order valence-electron chi connectivity index (χ0n) is 13.0. The molecular formula is C13H20BrN5O4. The number of nitrogens with zero attached hydrogens (tertiary/aromatic N) is 4. The molecule has 0 radical (unpaired) electrons. The number of morpholine rings is 1. The van der Waals surface area contributed by atoms with Crippen LogP contribution in [0.4, 0.5) is 5.82 Å². The lowest BCUT2D eigenvalue weighted by Crippen LogP contribution is -2.38. The van der Waals surface area contributed by atoms with Gasteiger partial charge in [-0.25, -0.2) is 0 Å². The molecule has 0 atom stereocenters. The van der Waals surface area contributed by atoms with Gasteiger partial charge in [-0.05, 0) is 40.7 Å². The van der Waals surface area contributed by atoms with E-state index in [4.69, 9.17) is 4.74 Å². The van der Waals surface area contributed by atoms with E-state index in [2.05, 4.69) is 31.2 Å². The Morgan fingerprint density at radius 2 is 2.17 bits per heavy atom. The molecule has 0 aromatic carbocycles. The SMILES string of the molecule is Cc1c(Br)c([N+](=O)[O-])nn1CC(=O)NCCCN1CCOCC1. The number of halogens is 1. The second kappa shape index (κ2) is 8.37. The highest BCUT2D eigenvalue weighted by atomic mass is 79.9. The molecule has 1 aliphatic rings. The summed E-state index contributed by atoms with van der Waals surface area (Å²) in [6.45, 7) is 6.51. The van der Waals surface area contributed by atoms with E-state index in [1.807, 2.05) is 0 Å². The molecule has 1 aromatic heterocycles. The number of carbonyl (C=O) groups excluding carboxylic acids is 1. The molecule has 1 aliphatic heterocycles. The normalized spacial score (nSPS) is 15.6. The number of carbonyl (C=O) groups is 1. The first-order valence-corrected chi connectivity index (χ1v) is 8.22. The fraction of sp³-hybridized carbons (Fsp3) is 0.692. The van der Waals surface area contributed by atoms with Crippen molar-refractivity contribution in [1.82, 2.24) is 20.0 Å². The van der Waals surface area contributed by atoms with Crippen LogP contribution < -0.4 is 5.32 Å². The van der Waals surface area contributed by atoms with E-state index in [1.54, 1.807) is 6.92 Å². The Balaban J connectivity index is 1.74. The monoisotopic (exact) mass is 389 g/mol. The molecule has 0 spiro atoms. The summed E-state index contributed by atoms with van der Waals surface area (Å²) in [4.78, 5) is 24.5. The van der Waals surface area contributed by atoms with Crippen molar-refractivity contribution in [2.75, 3.05) is 39.4 Å². The molecular weight excluding hydrogens is 370 g/mol. The first-order valence-electron chi connectivity index (χ1n) is 7.43. The van der Waals surface area contributed by atoms with Crippen LogP contribution in [0, 0.1) is 17.0 Å². The molecule has 1 N–H and O–H groups in total. The van der Waals surface area contributed by atoms with Crippen LogP contribution in [-0.2, 0) is 16.1 Å². The Hall–Kier alpha value is -1.52. The van der Waals surface area contributed by atoms with E-state index in [1.165, 1.54) is 4.68 Å². The predicted octanol–water partition coefficient (Wildman–Crippen LogP) is 0.701. The van der Waals surface area contributed by atoms with Crippen LogP contribution in [0.5, 0.6) is 0 Å². The van der Waals surface area contributed by atoms with Crippen LogP contribution in [0.3, 0.4) is 0 Å². The minimum absolute atomic E-state index is 0.0319. The predicted molar refractivity (Wildman–Crippen MR) is 86.2 cm³/mol. The second-order valence-corrected chi connectivity index (χ2v) is 6.09. The van der Waals surface area contributed by atoms with Crippen LogP contribution in [0.2, 0.25) is 0 Å². The summed E-state index contributed by atoms with van der Waals surface area (Å²) in [7, 11) is 0. The van der Waals surface area contributed by atoms with Crippen LogP contribution >= 0.6 is 15.9 Å². The molecule has 1 aromatic rings. The fourth-order valence-corrected chi connectivity index (χ4v) is 2.75. The van der Waals surface area contributed by atoms with Gasteiger partial charge in [0, 0.05) is 19.6 Å². The quantitative estimate of drug-likeness (QED) is 0.418. The molecule has 1 saturated heterocycles. The summed E-state index contributed by atoms with van der Waals surface area (Å²) in [5.41, 5.74) is 0.556. The molecule has 2 rings (SSSR count). The highest BCUT2D eigenvalue weighted by Gasteiger charge is 2.24. The minimum atomic E-state index is -0.576. The largest absolute Gasteiger partial charge is 0.404 e. The summed E-state index contributed by atoms with van der Waals surface area (Å²) in [6.07, 6.45) is 0.855. The molecule has 0 aliphatic carbocycles. The lowest BCUT2D eigenvalue weighted by atomic mass is 10.3. The molecule has 2 heterocycles. The van der Waals surface area contributed by atoms with E-state index in [0.29, 0.717) is 16.7 Å².